The van der Waals surface area contributed by atoms with Gasteiger partial charge in [-0.25, -0.2) is 4.98 Å². The molecule has 5 nitrogen and oxygen atoms in total. The van der Waals surface area contributed by atoms with Gasteiger partial charge in [0.2, 0.25) is 5.91 Å². The zero-order valence-corrected chi connectivity index (χ0v) is 17.8. The van der Waals surface area contributed by atoms with Gasteiger partial charge in [0.25, 0.3) is 0 Å². The van der Waals surface area contributed by atoms with Crippen LogP contribution in [-0.4, -0.2) is 52.3 Å². The molecule has 0 radical (unpaired) electrons. The molecule has 4 rings (SSSR count). The summed E-state index contributed by atoms with van der Waals surface area (Å²) in [6.07, 6.45) is 3.70. The molecule has 0 bridgehead atoms. The van der Waals surface area contributed by atoms with Crippen molar-refractivity contribution in [1.29, 1.82) is 0 Å². The maximum absolute atomic E-state index is 12.7. The normalized spacial score (nSPS) is 14.3. The predicted molar refractivity (Wildman–Crippen MR) is 117 cm³/mol. The summed E-state index contributed by atoms with van der Waals surface area (Å²) in [5.74, 6) is 0.571. The smallest absolute Gasteiger partial charge is 0.233 e. The maximum Gasteiger partial charge on any atom is 0.233 e. The lowest BCUT2D eigenvalue weighted by Gasteiger charge is -2.36. The van der Waals surface area contributed by atoms with Gasteiger partial charge in [-0.05, 0) is 36.4 Å². The first-order valence-electron chi connectivity index (χ1n) is 9.20. The summed E-state index contributed by atoms with van der Waals surface area (Å²) in [4.78, 5) is 21.4. The van der Waals surface area contributed by atoms with Crippen LogP contribution in [0.25, 0.3) is 5.69 Å². The number of piperazine rings is 1. The van der Waals surface area contributed by atoms with Crippen molar-refractivity contribution in [1.82, 2.24) is 14.5 Å². The Hall–Kier alpha value is -2.25. The molecule has 3 aromatic rings. The van der Waals surface area contributed by atoms with Gasteiger partial charge in [0.1, 0.15) is 0 Å². The van der Waals surface area contributed by atoms with Crippen molar-refractivity contribution in [3.63, 3.8) is 0 Å². The van der Waals surface area contributed by atoms with Gasteiger partial charge in [-0.3, -0.25) is 9.36 Å². The van der Waals surface area contributed by atoms with Crippen molar-refractivity contribution in [2.45, 2.75) is 5.16 Å². The number of aromatic nitrogens is 2. The maximum atomic E-state index is 12.7. The van der Waals surface area contributed by atoms with E-state index in [-0.39, 0.29) is 5.91 Å². The number of thioether (sulfide) groups is 1. The van der Waals surface area contributed by atoms with Crippen molar-refractivity contribution in [2.75, 3.05) is 36.8 Å². The molecule has 2 aromatic carbocycles. The Labute approximate surface area is 177 Å². The Morgan fingerprint density at radius 1 is 0.964 bits per heavy atom. The first-order chi connectivity index (χ1) is 13.7. The van der Waals surface area contributed by atoms with E-state index in [0.717, 1.165) is 41.5 Å². The Balaban J connectivity index is 1.32. The predicted octanol–water partition coefficient (Wildman–Crippen LogP) is 4.08. The highest BCUT2D eigenvalue weighted by Gasteiger charge is 2.21. The number of anilines is 1. The van der Waals surface area contributed by atoms with Gasteiger partial charge >= 0.3 is 0 Å². The second-order valence-corrected chi connectivity index (χ2v) is 8.41. The van der Waals surface area contributed by atoms with Crippen LogP contribution < -0.4 is 4.90 Å². The quantitative estimate of drug-likeness (QED) is 0.542. The first-order valence-corrected chi connectivity index (χ1v) is 11.0. The van der Waals surface area contributed by atoms with Crippen LogP contribution in [-0.2, 0) is 4.79 Å². The van der Waals surface area contributed by atoms with Gasteiger partial charge in [0, 0.05) is 54.4 Å². The van der Waals surface area contributed by atoms with Crippen LogP contribution in [0.4, 0.5) is 5.69 Å². The molecular formula is C21H21BrN4OS. The molecule has 144 valence electrons. The lowest BCUT2D eigenvalue weighted by molar-refractivity contribution is -0.128. The van der Waals surface area contributed by atoms with E-state index in [0.29, 0.717) is 5.75 Å². The Kier molecular flexibility index (Phi) is 6.02. The minimum absolute atomic E-state index is 0.170. The number of para-hydroxylation sites is 1. The SMILES string of the molecule is O=C(CSc1nccn1-c1ccc(Br)cc1)N1CCN(c2ccccc2)CC1. The standard InChI is InChI=1S/C21H21BrN4OS/c22-17-6-8-19(9-7-17)26-11-10-23-21(26)28-16-20(27)25-14-12-24(13-15-25)18-4-2-1-3-5-18/h1-11H,12-16H2. The Morgan fingerprint density at radius 3 is 2.39 bits per heavy atom. The van der Waals surface area contributed by atoms with Gasteiger partial charge in [-0.15, -0.1) is 0 Å². The molecule has 1 saturated heterocycles. The van der Waals surface area contributed by atoms with Gasteiger partial charge in [0.15, 0.2) is 5.16 Å². The van der Waals surface area contributed by atoms with E-state index in [1.807, 2.05) is 46.0 Å². The van der Waals surface area contributed by atoms with Crippen LogP contribution >= 0.6 is 27.7 Å². The van der Waals surface area contributed by atoms with Gasteiger partial charge in [0.05, 0.1) is 5.75 Å². The molecule has 0 unspecified atom stereocenters. The van der Waals surface area contributed by atoms with Crippen molar-refractivity contribution in [3.8, 4) is 5.69 Å². The van der Waals surface area contributed by atoms with Crippen LogP contribution in [0, 0.1) is 0 Å². The molecule has 28 heavy (non-hydrogen) atoms. The number of nitrogens with zero attached hydrogens (tertiary/aromatic N) is 4. The van der Waals surface area contributed by atoms with Crippen molar-refractivity contribution in [2.24, 2.45) is 0 Å². The monoisotopic (exact) mass is 456 g/mol. The Morgan fingerprint density at radius 2 is 1.68 bits per heavy atom. The highest BCUT2D eigenvalue weighted by molar-refractivity contribution is 9.10. The second kappa shape index (κ2) is 8.84. The fourth-order valence-corrected chi connectivity index (χ4v) is 4.41. The topological polar surface area (TPSA) is 41.4 Å². The summed E-state index contributed by atoms with van der Waals surface area (Å²) in [5, 5.41) is 0.832. The third-order valence-electron chi connectivity index (χ3n) is 4.79. The van der Waals surface area contributed by atoms with E-state index >= 15 is 0 Å². The van der Waals surface area contributed by atoms with Crippen molar-refractivity contribution >= 4 is 39.3 Å². The number of carbonyl (C=O) groups excluding carboxylic acids is 1. The van der Waals surface area contributed by atoms with Crippen LogP contribution in [0.3, 0.4) is 0 Å². The molecular weight excluding hydrogens is 436 g/mol. The summed E-state index contributed by atoms with van der Waals surface area (Å²) >= 11 is 4.94. The number of benzene rings is 2. The highest BCUT2D eigenvalue weighted by Crippen LogP contribution is 2.23. The molecule has 0 spiro atoms. The molecule has 1 aromatic heterocycles. The number of carbonyl (C=O) groups is 1. The largest absolute Gasteiger partial charge is 0.368 e. The second-order valence-electron chi connectivity index (χ2n) is 6.55. The van der Waals surface area contributed by atoms with E-state index in [4.69, 9.17) is 0 Å². The number of amides is 1. The fourth-order valence-electron chi connectivity index (χ4n) is 3.27. The minimum Gasteiger partial charge on any atom is -0.368 e. The fraction of sp³-hybridized carbons (Fsp3) is 0.238. The number of rotatable bonds is 5. The summed E-state index contributed by atoms with van der Waals surface area (Å²) < 4.78 is 3.05. The molecule has 0 atom stereocenters. The van der Waals surface area contributed by atoms with Crippen molar-refractivity contribution in [3.05, 3.63) is 71.5 Å². The number of hydrogen-bond donors (Lipinski definition) is 0. The zero-order chi connectivity index (χ0) is 19.3. The van der Waals surface area contributed by atoms with Crippen LogP contribution in [0.1, 0.15) is 0 Å². The molecule has 1 amide bonds. The van der Waals surface area contributed by atoms with Crippen molar-refractivity contribution < 1.29 is 4.79 Å². The average molecular weight is 457 g/mol. The molecule has 1 aliphatic rings. The third kappa shape index (κ3) is 4.42. The van der Waals surface area contributed by atoms with E-state index in [1.54, 1.807) is 6.20 Å². The van der Waals surface area contributed by atoms with Gasteiger partial charge in [-0.1, -0.05) is 45.9 Å². The summed E-state index contributed by atoms with van der Waals surface area (Å²) in [7, 11) is 0. The minimum atomic E-state index is 0.170. The van der Waals surface area contributed by atoms with Crippen LogP contribution in [0.15, 0.2) is 76.6 Å². The van der Waals surface area contributed by atoms with E-state index < -0.39 is 0 Å². The highest BCUT2D eigenvalue weighted by atomic mass is 79.9. The summed E-state index contributed by atoms with van der Waals surface area (Å²) in [6.45, 7) is 3.26. The van der Waals surface area contributed by atoms with Gasteiger partial charge in [-0.2, -0.15) is 0 Å². The molecule has 2 heterocycles. The molecule has 7 heteroatoms. The lowest BCUT2D eigenvalue weighted by Crippen LogP contribution is -2.49. The first kappa shape index (κ1) is 19.1. The molecule has 1 aliphatic heterocycles. The molecule has 0 saturated carbocycles. The Bertz CT molecular complexity index is 921. The summed E-state index contributed by atoms with van der Waals surface area (Å²) in [5.41, 5.74) is 2.26. The molecule has 0 N–H and O–H groups in total. The molecule has 1 fully saturated rings. The average Bonchev–Trinajstić information content (AvgIpc) is 3.22. The van der Waals surface area contributed by atoms with Gasteiger partial charge < -0.3 is 9.80 Å². The van der Waals surface area contributed by atoms with E-state index in [2.05, 4.69) is 50.1 Å². The third-order valence-corrected chi connectivity index (χ3v) is 6.27. The lowest BCUT2D eigenvalue weighted by atomic mass is 10.2. The van der Waals surface area contributed by atoms with E-state index in [9.17, 15) is 4.79 Å². The van der Waals surface area contributed by atoms with E-state index in [1.165, 1.54) is 17.4 Å². The van der Waals surface area contributed by atoms with Crippen LogP contribution in [0.2, 0.25) is 0 Å². The zero-order valence-electron chi connectivity index (χ0n) is 15.4. The number of hydrogen-bond acceptors (Lipinski definition) is 4. The summed E-state index contributed by atoms with van der Waals surface area (Å²) in [6, 6.07) is 18.4. The number of imidazole rings is 1. The molecule has 0 aliphatic carbocycles. The van der Waals surface area contributed by atoms with Crippen LogP contribution in [0.5, 0.6) is 0 Å². The number of halogens is 1.